The van der Waals surface area contributed by atoms with Crippen molar-refractivity contribution in [2.45, 2.75) is 25.6 Å². The molecule has 0 aromatic rings. The van der Waals surface area contributed by atoms with Gasteiger partial charge in [-0.05, 0) is 13.8 Å². The summed E-state index contributed by atoms with van der Waals surface area (Å²) in [6, 6.07) is 0. The van der Waals surface area contributed by atoms with Gasteiger partial charge in [-0.3, -0.25) is 0 Å². The molecular weight excluding hydrogens is 92.1 g/mol. The Labute approximate surface area is 43.1 Å². The molecule has 1 aliphatic rings. The number of aliphatic hydroxyl groups excluding tert-OH is 1. The lowest BCUT2D eigenvalue weighted by molar-refractivity contribution is 0.184. The molecule has 1 unspecified atom stereocenters. The van der Waals surface area contributed by atoms with Gasteiger partial charge in [-0.15, -0.1) is 0 Å². The van der Waals surface area contributed by atoms with Gasteiger partial charge in [-0.2, -0.15) is 0 Å². The van der Waals surface area contributed by atoms with E-state index in [0.717, 1.165) is 0 Å². The Morgan fingerprint density at radius 3 is 2.29 bits per heavy atom. The fourth-order valence-corrected chi connectivity index (χ4v) is 0.536. The Morgan fingerprint density at radius 1 is 1.86 bits per heavy atom. The highest BCUT2D eigenvalue weighted by Crippen LogP contribution is 2.34. The van der Waals surface area contributed by atoms with Crippen LogP contribution in [0.5, 0.6) is 0 Å². The Kier molecular flexibility index (Phi) is 0.869. The third kappa shape index (κ3) is 0.640. The summed E-state index contributed by atoms with van der Waals surface area (Å²) in [5.74, 6) is 0. The molecule has 2 nitrogen and oxygen atoms in total. The van der Waals surface area contributed by atoms with Crippen molar-refractivity contribution in [3.63, 3.8) is 0 Å². The van der Waals surface area contributed by atoms with E-state index in [0.29, 0.717) is 0 Å². The van der Waals surface area contributed by atoms with Crippen molar-refractivity contribution in [1.29, 1.82) is 0 Å². The highest BCUT2D eigenvalue weighted by molar-refractivity contribution is 4.94. The van der Waals surface area contributed by atoms with E-state index in [1.165, 1.54) is 0 Å². The summed E-state index contributed by atoms with van der Waals surface area (Å²) in [7, 11) is 0. The van der Waals surface area contributed by atoms with Crippen LogP contribution < -0.4 is 0 Å². The molecule has 42 valence electrons. The first-order valence-corrected chi connectivity index (χ1v) is 2.48. The predicted molar refractivity (Wildman–Crippen MR) is 26.0 cm³/mol. The Morgan fingerprint density at radius 2 is 2.29 bits per heavy atom. The Bertz CT molecular complexity index is 78.1. The monoisotopic (exact) mass is 102 g/mol. The molecule has 0 amide bonds. The fraction of sp³-hybridized carbons (Fsp3) is 1.00. The third-order valence-electron chi connectivity index (χ3n) is 1.56. The molecule has 2 atom stereocenters. The van der Waals surface area contributed by atoms with E-state index in [-0.39, 0.29) is 18.3 Å². The second-order valence-corrected chi connectivity index (χ2v) is 2.23. The zero-order valence-electron chi connectivity index (χ0n) is 4.64. The topological polar surface area (TPSA) is 32.8 Å². The van der Waals surface area contributed by atoms with E-state index in [2.05, 4.69) is 0 Å². The average Bonchev–Trinajstić information content (AvgIpc) is 2.18. The van der Waals surface area contributed by atoms with Crippen molar-refractivity contribution >= 4 is 0 Å². The first-order chi connectivity index (χ1) is 3.19. The van der Waals surface area contributed by atoms with Gasteiger partial charge < -0.3 is 9.84 Å². The number of epoxide rings is 1. The molecule has 1 rings (SSSR count). The molecule has 0 aliphatic carbocycles. The first-order valence-electron chi connectivity index (χ1n) is 2.48. The van der Waals surface area contributed by atoms with Crippen LogP contribution in [-0.4, -0.2) is 23.4 Å². The first kappa shape index (κ1) is 5.06. The average molecular weight is 102 g/mol. The summed E-state index contributed by atoms with van der Waals surface area (Å²) in [5, 5.41) is 8.51. The van der Waals surface area contributed by atoms with E-state index in [4.69, 9.17) is 9.84 Å². The summed E-state index contributed by atoms with van der Waals surface area (Å²) >= 11 is 0. The van der Waals surface area contributed by atoms with Crippen molar-refractivity contribution in [1.82, 2.24) is 0 Å². The van der Waals surface area contributed by atoms with E-state index in [9.17, 15) is 0 Å². The summed E-state index contributed by atoms with van der Waals surface area (Å²) in [4.78, 5) is 0. The van der Waals surface area contributed by atoms with Crippen LogP contribution in [0.2, 0.25) is 0 Å². The Balaban J connectivity index is 2.36. The molecule has 0 spiro atoms. The highest BCUT2D eigenvalue weighted by atomic mass is 16.6. The van der Waals surface area contributed by atoms with Crippen molar-refractivity contribution in [3.8, 4) is 0 Å². The number of ether oxygens (including phenoxy) is 1. The van der Waals surface area contributed by atoms with Gasteiger partial charge in [0.05, 0.1) is 12.7 Å². The molecular formula is C5H10O2. The molecule has 0 radical (unpaired) electrons. The van der Waals surface area contributed by atoms with Crippen LogP contribution in [0.1, 0.15) is 13.8 Å². The second-order valence-electron chi connectivity index (χ2n) is 2.23. The molecule has 0 bridgehead atoms. The van der Waals surface area contributed by atoms with Gasteiger partial charge >= 0.3 is 0 Å². The Hall–Kier alpha value is -0.0800. The largest absolute Gasteiger partial charge is 0.393 e. The van der Waals surface area contributed by atoms with Crippen molar-refractivity contribution in [2.75, 3.05) is 6.61 Å². The lowest BCUT2D eigenvalue weighted by Gasteiger charge is -1.93. The van der Waals surface area contributed by atoms with Crippen molar-refractivity contribution < 1.29 is 9.84 Å². The molecule has 1 saturated heterocycles. The number of rotatable bonds is 1. The van der Waals surface area contributed by atoms with Crippen LogP contribution in [0.25, 0.3) is 0 Å². The van der Waals surface area contributed by atoms with Crippen molar-refractivity contribution in [2.24, 2.45) is 0 Å². The van der Waals surface area contributed by atoms with Gasteiger partial charge in [0.2, 0.25) is 0 Å². The minimum absolute atomic E-state index is 0.147. The standard InChI is InChI=1S/C5H10O2/c1-4-5(2,3-6)7-4/h4,6H,3H2,1-2H3/t4?,5-/m1/s1. The molecule has 0 aromatic carbocycles. The van der Waals surface area contributed by atoms with E-state index in [1.54, 1.807) is 0 Å². The van der Waals surface area contributed by atoms with E-state index >= 15 is 0 Å². The van der Waals surface area contributed by atoms with E-state index in [1.807, 2.05) is 13.8 Å². The van der Waals surface area contributed by atoms with Gasteiger partial charge in [0.1, 0.15) is 5.60 Å². The van der Waals surface area contributed by atoms with Crippen LogP contribution in [0.15, 0.2) is 0 Å². The molecule has 7 heavy (non-hydrogen) atoms. The maximum absolute atomic E-state index is 8.51. The quantitative estimate of drug-likeness (QED) is 0.478. The SMILES string of the molecule is CC1O[C@]1(C)CO. The molecule has 1 heterocycles. The fourth-order valence-electron chi connectivity index (χ4n) is 0.536. The smallest absolute Gasteiger partial charge is 0.115 e. The molecule has 1 N–H and O–H groups in total. The summed E-state index contributed by atoms with van der Waals surface area (Å²) < 4.78 is 5.00. The number of aliphatic hydroxyl groups is 1. The van der Waals surface area contributed by atoms with Crippen LogP contribution in [-0.2, 0) is 4.74 Å². The lowest BCUT2D eigenvalue weighted by Crippen LogP contribution is -2.12. The third-order valence-corrected chi connectivity index (χ3v) is 1.56. The number of hydrogen-bond donors (Lipinski definition) is 1. The van der Waals surface area contributed by atoms with E-state index < -0.39 is 0 Å². The highest BCUT2D eigenvalue weighted by Gasteiger charge is 2.48. The zero-order chi connectivity index (χ0) is 5.49. The molecule has 0 aromatic heterocycles. The minimum atomic E-state index is -0.194. The van der Waals surface area contributed by atoms with Crippen LogP contribution in [0, 0.1) is 0 Å². The molecule has 2 heteroatoms. The predicted octanol–water partition coefficient (Wildman–Crippen LogP) is 0.156. The lowest BCUT2D eigenvalue weighted by atomic mass is 10.1. The summed E-state index contributed by atoms with van der Waals surface area (Å²) in [6.45, 7) is 4.00. The van der Waals surface area contributed by atoms with Crippen LogP contribution in [0.3, 0.4) is 0 Å². The second kappa shape index (κ2) is 1.20. The summed E-state index contributed by atoms with van der Waals surface area (Å²) in [6.07, 6.45) is 0.262. The van der Waals surface area contributed by atoms with Gasteiger partial charge in [-0.25, -0.2) is 0 Å². The van der Waals surface area contributed by atoms with Gasteiger partial charge in [0, 0.05) is 0 Å². The van der Waals surface area contributed by atoms with Gasteiger partial charge in [0.25, 0.3) is 0 Å². The van der Waals surface area contributed by atoms with Crippen molar-refractivity contribution in [3.05, 3.63) is 0 Å². The maximum Gasteiger partial charge on any atom is 0.115 e. The zero-order valence-corrected chi connectivity index (χ0v) is 4.64. The van der Waals surface area contributed by atoms with Gasteiger partial charge in [-0.1, -0.05) is 0 Å². The maximum atomic E-state index is 8.51. The van der Waals surface area contributed by atoms with Crippen LogP contribution >= 0.6 is 0 Å². The molecule has 1 aliphatic heterocycles. The minimum Gasteiger partial charge on any atom is -0.393 e. The van der Waals surface area contributed by atoms with Crippen LogP contribution in [0.4, 0.5) is 0 Å². The summed E-state index contributed by atoms with van der Waals surface area (Å²) in [5.41, 5.74) is -0.194. The molecule has 0 saturated carbocycles. The normalized spacial score (nSPS) is 49.3. The van der Waals surface area contributed by atoms with Gasteiger partial charge in [0.15, 0.2) is 0 Å². The molecule has 1 fully saturated rings. The number of hydrogen-bond acceptors (Lipinski definition) is 2.